The number of benzene rings is 1. The molecule has 38 heavy (non-hydrogen) atoms. The molecule has 2 aliphatic rings. The minimum Gasteiger partial charge on any atom is -0.478 e. The first kappa shape index (κ1) is 26.3. The fraction of sp³-hybridized carbons (Fsp3) is 0.393. The van der Waals surface area contributed by atoms with Gasteiger partial charge >= 0.3 is 5.97 Å². The molecule has 0 aliphatic carbocycles. The molecule has 0 radical (unpaired) electrons. The van der Waals surface area contributed by atoms with Crippen molar-refractivity contribution in [1.82, 2.24) is 19.4 Å². The molecule has 10 heteroatoms. The van der Waals surface area contributed by atoms with Crippen LogP contribution in [0.25, 0.3) is 6.08 Å². The molecular formula is C28H30ClFN4O4. The second-order valence-electron chi connectivity index (χ2n) is 9.64. The first-order valence-electron chi connectivity index (χ1n) is 12.8. The number of halogens is 2. The zero-order valence-corrected chi connectivity index (χ0v) is 21.7. The Bertz CT molecular complexity index is 1300. The Hall–Kier alpha value is -3.27. The van der Waals surface area contributed by atoms with Crippen LogP contribution in [0, 0.1) is 5.82 Å². The second kappa shape index (κ2) is 12.1. The van der Waals surface area contributed by atoms with Crippen molar-refractivity contribution < 1.29 is 23.8 Å². The van der Waals surface area contributed by atoms with E-state index in [1.54, 1.807) is 30.5 Å². The lowest BCUT2D eigenvalue weighted by Gasteiger charge is -2.32. The Kier molecular flexibility index (Phi) is 8.36. The van der Waals surface area contributed by atoms with Crippen LogP contribution >= 0.6 is 11.6 Å². The van der Waals surface area contributed by atoms with Gasteiger partial charge in [0.2, 0.25) is 5.88 Å². The molecule has 1 N–H and O–H groups in total. The summed E-state index contributed by atoms with van der Waals surface area (Å²) >= 11 is 5.83. The van der Waals surface area contributed by atoms with E-state index in [1.165, 1.54) is 6.07 Å². The highest BCUT2D eigenvalue weighted by Gasteiger charge is 2.25. The molecule has 2 aliphatic heterocycles. The Morgan fingerprint density at radius 2 is 2.05 bits per heavy atom. The monoisotopic (exact) mass is 540 g/mol. The highest BCUT2D eigenvalue weighted by molar-refractivity contribution is 6.30. The molecule has 0 bridgehead atoms. The van der Waals surface area contributed by atoms with E-state index in [-0.39, 0.29) is 12.7 Å². The molecule has 8 nitrogen and oxygen atoms in total. The zero-order chi connectivity index (χ0) is 26.5. The van der Waals surface area contributed by atoms with Gasteiger partial charge in [-0.1, -0.05) is 23.7 Å². The van der Waals surface area contributed by atoms with E-state index < -0.39 is 11.8 Å². The number of carboxylic acid groups (broad SMARTS) is 1. The number of piperidine rings is 1. The van der Waals surface area contributed by atoms with E-state index >= 15 is 0 Å². The van der Waals surface area contributed by atoms with Gasteiger partial charge in [-0.05, 0) is 56.6 Å². The molecule has 0 amide bonds. The van der Waals surface area contributed by atoms with Crippen molar-refractivity contribution >= 4 is 23.6 Å². The topological polar surface area (TPSA) is 89.7 Å². The van der Waals surface area contributed by atoms with Crippen LogP contribution < -0.4 is 4.74 Å². The van der Waals surface area contributed by atoms with Crippen LogP contribution in [0.3, 0.4) is 0 Å². The van der Waals surface area contributed by atoms with Gasteiger partial charge in [-0.15, -0.1) is 0 Å². The molecule has 3 aromatic rings. The fourth-order valence-corrected chi connectivity index (χ4v) is 4.96. The molecule has 1 atom stereocenters. The van der Waals surface area contributed by atoms with Gasteiger partial charge in [0.05, 0.1) is 31.1 Å². The lowest BCUT2D eigenvalue weighted by molar-refractivity contribution is -0.131. The van der Waals surface area contributed by atoms with Crippen molar-refractivity contribution in [2.45, 2.75) is 51.0 Å². The number of ether oxygens (including phenoxy) is 2. The SMILES string of the molecule is O=C(O)/C=C/c1cnc(CN2CCC(c3cccc(OCc4ccc(Cl)cc4F)n3)CC2)n1CC1CCO1. The molecule has 0 spiro atoms. The number of hydrogen-bond donors (Lipinski definition) is 1. The molecule has 2 fully saturated rings. The van der Waals surface area contributed by atoms with E-state index in [0.717, 1.165) is 62.2 Å². The zero-order valence-electron chi connectivity index (χ0n) is 20.9. The Morgan fingerprint density at radius 3 is 2.76 bits per heavy atom. The summed E-state index contributed by atoms with van der Waals surface area (Å²) in [6.45, 7) is 3.98. The lowest BCUT2D eigenvalue weighted by atomic mass is 9.93. The van der Waals surface area contributed by atoms with Crippen molar-refractivity contribution in [2.24, 2.45) is 0 Å². The van der Waals surface area contributed by atoms with Gasteiger partial charge in [0.15, 0.2) is 0 Å². The third-order valence-corrected chi connectivity index (χ3v) is 7.29. The van der Waals surface area contributed by atoms with E-state index in [4.69, 9.17) is 31.2 Å². The quantitative estimate of drug-likeness (QED) is 0.365. The van der Waals surface area contributed by atoms with Crippen molar-refractivity contribution in [3.05, 3.63) is 82.3 Å². The van der Waals surface area contributed by atoms with Gasteiger partial charge in [0.1, 0.15) is 18.2 Å². The van der Waals surface area contributed by atoms with Gasteiger partial charge in [-0.25, -0.2) is 19.2 Å². The van der Waals surface area contributed by atoms with Gasteiger partial charge in [-0.3, -0.25) is 4.90 Å². The summed E-state index contributed by atoms with van der Waals surface area (Å²) in [5, 5.41) is 9.38. The molecule has 4 heterocycles. The van der Waals surface area contributed by atoms with Crippen molar-refractivity contribution in [3.63, 3.8) is 0 Å². The lowest BCUT2D eigenvalue weighted by Crippen LogP contribution is -2.35. The minimum atomic E-state index is -0.985. The van der Waals surface area contributed by atoms with Crippen molar-refractivity contribution in [3.8, 4) is 5.88 Å². The molecule has 200 valence electrons. The Balaban J connectivity index is 1.18. The average molecular weight is 541 g/mol. The Labute approximate surface area is 225 Å². The van der Waals surface area contributed by atoms with Crippen molar-refractivity contribution in [2.75, 3.05) is 19.7 Å². The standard InChI is InChI=1S/C28H30ClFN4O4/c29-21-5-4-20(24(30)14-21)18-38-27-3-1-2-25(32-27)19-8-11-33(12-9-19)17-26-31-15-22(6-7-28(35)36)34(26)16-23-10-13-37-23/h1-7,14-15,19,23H,8-13,16-18H2,(H,35,36)/b7-6+. The van der Waals surface area contributed by atoms with Gasteiger partial charge in [-0.2, -0.15) is 0 Å². The maximum atomic E-state index is 14.1. The molecule has 5 rings (SSSR count). The summed E-state index contributed by atoms with van der Waals surface area (Å²) in [6.07, 6.45) is 7.48. The first-order chi connectivity index (χ1) is 18.4. The molecule has 2 aromatic heterocycles. The summed E-state index contributed by atoms with van der Waals surface area (Å²) in [5.41, 5.74) is 2.18. The van der Waals surface area contributed by atoms with Crippen LogP contribution in [-0.2, 0) is 29.2 Å². The number of imidazole rings is 1. The number of nitrogens with zero attached hydrogens (tertiary/aromatic N) is 4. The van der Waals surface area contributed by atoms with Crippen LogP contribution in [-0.4, -0.2) is 56.3 Å². The number of aromatic nitrogens is 3. The number of aliphatic carboxylic acids is 1. The molecule has 1 aromatic carbocycles. The summed E-state index contributed by atoms with van der Waals surface area (Å²) in [6, 6.07) is 10.3. The highest BCUT2D eigenvalue weighted by Crippen LogP contribution is 2.29. The third kappa shape index (κ3) is 6.59. The predicted octanol–water partition coefficient (Wildman–Crippen LogP) is 4.92. The maximum absolute atomic E-state index is 14.1. The van der Waals surface area contributed by atoms with Crippen LogP contribution in [0.4, 0.5) is 4.39 Å². The van der Waals surface area contributed by atoms with Gasteiger partial charge in [0.25, 0.3) is 0 Å². The summed E-state index contributed by atoms with van der Waals surface area (Å²) in [7, 11) is 0. The number of carbonyl (C=O) groups is 1. The van der Waals surface area contributed by atoms with Crippen molar-refractivity contribution in [1.29, 1.82) is 0 Å². The normalized spacial score (nSPS) is 18.5. The highest BCUT2D eigenvalue weighted by atomic mass is 35.5. The number of rotatable bonds is 10. The minimum absolute atomic E-state index is 0.0834. The summed E-state index contributed by atoms with van der Waals surface area (Å²) in [4.78, 5) is 22.7. The van der Waals surface area contributed by atoms with E-state index in [1.807, 2.05) is 12.1 Å². The van der Waals surface area contributed by atoms with Crippen LogP contribution in [0.5, 0.6) is 5.88 Å². The molecule has 1 unspecified atom stereocenters. The van der Waals surface area contributed by atoms with Crippen LogP contribution in [0.15, 0.2) is 48.7 Å². The molecule has 2 saturated heterocycles. The number of pyridine rings is 1. The van der Waals surface area contributed by atoms with E-state index in [9.17, 15) is 9.18 Å². The second-order valence-corrected chi connectivity index (χ2v) is 10.1. The average Bonchev–Trinajstić information content (AvgIpc) is 3.26. The smallest absolute Gasteiger partial charge is 0.328 e. The Morgan fingerprint density at radius 1 is 1.24 bits per heavy atom. The maximum Gasteiger partial charge on any atom is 0.328 e. The van der Waals surface area contributed by atoms with Gasteiger partial charge in [0, 0.05) is 40.9 Å². The van der Waals surface area contributed by atoms with E-state index in [0.29, 0.717) is 35.5 Å². The largest absolute Gasteiger partial charge is 0.478 e. The number of carboxylic acids is 1. The first-order valence-corrected chi connectivity index (χ1v) is 13.2. The fourth-order valence-electron chi connectivity index (χ4n) is 4.80. The predicted molar refractivity (Wildman–Crippen MR) is 140 cm³/mol. The summed E-state index contributed by atoms with van der Waals surface area (Å²) < 4.78 is 27.5. The van der Waals surface area contributed by atoms with Crippen LogP contribution in [0.2, 0.25) is 5.02 Å². The molecular weight excluding hydrogens is 511 g/mol. The summed E-state index contributed by atoms with van der Waals surface area (Å²) in [5.74, 6) is 0.307. The van der Waals surface area contributed by atoms with E-state index in [2.05, 4.69) is 14.5 Å². The molecule has 0 saturated carbocycles. The van der Waals surface area contributed by atoms with Gasteiger partial charge < -0.3 is 19.1 Å². The number of likely N-dealkylation sites (tertiary alicyclic amines) is 1. The number of hydrogen-bond acceptors (Lipinski definition) is 6. The third-order valence-electron chi connectivity index (χ3n) is 7.05. The van der Waals surface area contributed by atoms with Crippen LogP contribution in [0.1, 0.15) is 48.0 Å².